The lowest BCUT2D eigenvalue weighted by Crippen LogP contribution is -2.34. The van der Waals surface area contributed by atoms with E-state index >= 15 is 0 Å². The fourth-order valence-corrected chi connectivity index (χ4v) is 7.17. The van der Waals surface area contributed by atoms with Crippen LogP contribution < -0.4 is 62.3 Å². The first-order chi connectivity index (χ1) is 24.7. The molecule has 0 heterocycles. The molecule has 0 saturated carbocycles. The van der Waals surface area contributed by atoms with Gasteiger partial charge in [-0.3, -0.25) is 0 Å². The molecule has 0 saturated heterocycles. The van der Waals surface area contributed by atoms with Crippen LogP contribution >= 0.6 is 0 Å². The Morgan fingerprint density at radius 3 is 1.08 bits per heavy atom. The molecule has 0 unspecified atom stereocenters. The number of carbonyl (C=O) groups excluding carboxylic acids is 4. The number of carbonyl (C=O) groups is 4. The summed E-state index contributed by atoms with van der Waals surface area (Å²) in [5, 5.41) is 46.9. The Morgan fingerprint density at radius 1 is 0.462 bits per heavy atom. The quantitative estimate of drug-likeness (QED) is 0.106. The summed E-state index contributed by atoms with van der Waals surface area (Å²) in [6, 6.07) is 12.2. The fraction of sp³-hybridized carbons (Fsp3) is 0.222. The second-order valence-electron chi connectivity index (χ2n) is 12.4. The van der Waals surface area contributed by atoms with E-state index in [0.717, 1.165) is 0 Å². The van der Waals surface area contributed by atoms with Gasteiger partial charge >= 0.3 is 0 Å². The highest BCUT2D eigenvalue weighted by Crippen LogP contribution is 2.59. The molecule has 52 heavy (non-hydrogen) atoms. The lowest BCUT2D eigenvalue weighted by molar-refractivity contribution is -0.308. The van der Waals surface area contributed by atoms with Crippen molar-refractivity contribution in [3.05, 3.63) is 93.0 Å². The van der Waals surface area contributed by atoms with Crippen LogP contribution in [0.3, 0.4) is 0 Å². The number of hydrogen-bond donors (Lipinski definition) is 4. The molecule has 2 aliphatic rings. The molecule has 0 amide bonds. The topological polar surface area (TPSA) is 302 Å². The largest absolute Gasteiger partial charge is 0.546 e. The van der Waals surface area contributed by atoms with Crippen LogP contribution in [0.5, 0.6) is 23.0 Å². The normalized spacial score (nSPS) is 13.4. The second-order valence-corrected chi connectivity index (χ2v) is 12.4. The van der Waals surface area contributed by atoms with Gasteiger partial charge in [-0.2, -0.15) is 0 Å². The van der Waals surface area contributed by atoms with Crippen molar-refractivity contribution in [1.29, 1.82) is 0 Å². The minimum absolute atomic E-state index is 0.0319. The number of nitrogens with two attached hydrogens (primary N) is 4. The van der Waals surface area contributed by atoms with Gasteiger partial charge in [-0.1, -0.05) is 0 Å². The van der Waals surface area contributed by atoms with Crippen LogP contribution in [0, 0.1) is 0 Å². The molecule has 0 fully saturated rings. The molecule has 1 spiro atoms. The average Bonchev–Trinajstić information content (AvgIpc) is 3.23. The fourth-order valence-electron chi connectivity index (χ4n) is 7.17. The van der Waals surface area contributed by atoms with Gasteiger partial charge in [0.2, 0.25) is 0 Å². The molecule has 16 nitrogen and oxygen atoms in total. The van der Waals surface area contributed by atoms with Crippen molar-refractivity contribution in [2.45, 2.75) is 24.7 Å². The number of aliphatic carboxylic acids is 4. The molecule has 0 atom stereocenters. The zero-order chi connectivity index (χ0) is 37.5. The van der Waals surface area contributed by atoms with E-state index in [1.54, 1.807) is 6.07 Å². The van der Waals surface area contributed by atoms with Crippen LogP contribution in [0.1, 0.15) is 44.5 Å². The summed E-state index contributed by atoms with van der Waals surface area (Å²) in [5.74, 6) is -6.08. The number of carboxylic acids is 4. The van der Waals surface area contributed by atoms with E-state index < -0.39 is 55.7 Å². The van der Waals surface area contributed by atoms with E-state index in [2.05, 4.69) is 0 Å². The average molecular weight is 711 g/mol. The van der Waals surface area contributed by atoms with Gasteiger partial charge in [0, 0.05) is 74.5 Å². The van der Waals surface area contributed by atoms with Crippen molar-refractivity contribution >= 4 is 46.6 Å². The molecule has 8 N–H and O–H groups in total. The lowest BCUT2D eigenvalue weighted by atomic mass is 9.68. The Kier molecular flexibility index (Phi) is 9.06. The minimum Gasteiger partial charge on any atom is -0.546 e. The van der Waals surface area contributed by atoms with Crippen LogP contribution in [-0.2, 0) is 43.9 Å². The Morgan fingerprint density at radius 2 is 0.731 bits per heavy atom. The first-order valence-electron chi connectivity index (χ1n) is 15.7. The first kappa shape index (κ1) is 35.0. The predicted octanol–water partition coefficient (Wildman–Crippen LogP) is -3.08. The van der Waals surface area contributed by atoms with Gasteiger partial charge in [-0.25, -0.2) is 0 Å². The molecule has 270 valence electrons. The molecule has 16 heteroatoms. The number of rotatable bonds is 12. The van der Waals surface area contributed by atoms with Crippen molar-refractivity contribution in [2.75, 3.05) is 49.4 Å². The summed E-state index contributed by atoms with van der Waals surface area (Å²) < 4.78 is 23.5. The van der Waals surface area contributed by atoms with Gasteiger partial charge < -0.3 is 81.5 Å². The summed E-state index contributed by atoms with van der Waals surface area (Å²) >= 11 is 0. The van der Waals surface area contributed by atoms with E-state index in [1.807, 2.05) is 0 Å². The van der Waals surface area contributed by atoms with Crippen molar-refractivity contribution in [3.8, 4) is 23.0 Å². The van der Waals surface area contributed by atoms with Crippen molar-refractivity contribution in [3.63, 3.8) is 0 Å². The smallest absolute Gasteiger partial charge is 0.128 e. The maximum Gasteiger partial charge on any atom is 0.128 e. The molecule has 2 aliphatic carbocycles. The standard InChI is InChI=1S/C36H34N4O12/c37-21-3-16-1-18-5-22(38)8-25(33(18)50-13-29(43)44)36(11-20-7-24(40)10-27(36)35(20)52-15-31(47)48)26-9-23(39)6-19(34(26)51-14-30(45)46)2-17(4-21)32(16)49-12-28(41)42/h3-10H,1-2,11-15,37-40H2,(H,41,42)(H,43,44)(H,45,46)(H,47,48)/p-4. The number of nitrogen functional groups attached to an aromatic ring is 4. The number of ether oxygens (including phenoxy) is 4. The highest BCUT2D eigenvalue weighted by molar-refractivity contribution is 5.78. The van der Waals surface area contributed by atoms with Crippen molar-refractivity contribution in [1.82, 2.24) is 0 Å². The van der Waals surface area contributed by atoms with E-state index in [-0.39, 0.29) is 92.8 Å². The molecule has 0 radical (unpaired) electrons. The summed E-state index contributed by atoms with van der Waals surface area (Å²) in [6.45, 7) is -3.59. The Labute approximate surface area is 295 Å². The highest BCUT2D eigenvalue weighted by atomic mass is 16.5. The van der Waals surface area contributed by atoms with Crippen LogP contribution in [-0.4, -0.2) is 50.3 Å². The molecular weight excluding hydrogens is 680 g/mol. The number of anilines is 4. The summed E-state index contributed by atoms with van der Waals surface area (Å²) in [6.07, 6.45) is -0.223. The third-order valence-corrected chi connectivity index (χ3v) is 8.76. The van der Waals surface area contributed by atoms with Crippen LogP contribution in [0.2, 0.25) is 0 Å². The maximum atomic E-state index is 11.9. The summed E-state index contributed by atoms with van der Waals surface area (Å²) in [4.78, 5) is 46.9. The Bertz CT molecular complexity index is 2070. The molecule has 6 rings (SSSR count). The molecule has 4 aromatic carbocycles. The van der Waals surface area contributed by atoms with E-state index in [9.17, 15) is 39.6 Å². The van der Waals surface area contributed by atoms with Gasteiger partial charge in [0.15, 0.2) is 0 Å². The third-order valence-electron chi connectivity index (χ3n) is 8.76. The van der Waals surface area contributed by atoms with Crippen LogP contribution in [0.4, 0.5) is 22.7 Å². The highest BCUT2D eigenvalue weighted by Gasteiger charge is 2.50. The number of carboxylic acid groups (broad SMARTS) is 4. The Balaban J connectivity index is 1.79. The minimum atomic E-state index is -1.58. The van der Waals surface area contributed by atoms with Gasteiger partial charge in [0.25, 0.3) is 0 Å². The van der Waals surface area contributed by atoms with Crippen molar-refractivity contribution in [2.24, 2.45) is 0 Å². The van der Waals surface area contributed by atoms with Gasteiger partial charge in [-0.05, 0) is 60.5 Å². The second kappa shape index (κ2) is 13.5. The number of hydrogen-bond acceptors (Lipinski definition) is 16. The van der Waals surface area contributed by atoms with Gasteiger partial charge in [-0.15, -0.1) is 0 Å². The van der Waals surface area contributed by atoms with Gasteiger partial charge in [0.05, 0.1) is 29.3 Å². The molecule has 0 aliphatic heterocycles. The van der Waals surface area contributed by atoms with Gasteiger partial charge in [0.1, 0.15) is 49.4 Å². The summed E-state index contributed by atoms with van der Waals surface area (Å²) in [7, 11) is 0. The SMILES string of the molecule is Nc1cc2c(OCC(=O)[O-])c(c1)Cc1cc(N)cc(c1OCC(=O)[O-])C1(Cc3cc(N)cc1c3OCC(=O)[O-])c1cc(N)cc(c1OCC(=O)[O-])C2. The monoisotopic (exact) mass is 710 g/mol. The molecule has 4 aromatic rings. The van der Waals surface area contributed by atoms with E-state index in [0.29, 0.717) is 16.7 Å². The lowest BCUT2D eigenvalue weighted by Gasteiger charge is -2.37. The van der Waals surface area contributed by atoms with E-state index in [1.165, 1.54) is 42.5 Å². The summed E-state index contributed by atoms with van der Waals surface area (Å²) in [5.41, 5.74) is 27.4. The van der Waals surface area contributed by atoms with E-state index in [4.69, 9.17) is 41.9 Å². The predicted molar refractivity (Wildman–Crippen MR) is 175 cm³/mol. The molecule has 8 bridgehead atoms. The van der Waals surface area contributed by atoms with Crippen molar-refractivity contribution < 1.29 is 58.6 Å². The zero-order valence-corrected chi connectivity index (χ0v) is 27.3. The maximum absolute atomic E-state index is 11.9. The number of benzene rings is 4. The third kappa shape index (κ3) is 6.56. The Hall–Kier alpha value is -6.84. The zero-order valence-electron chi connectivity index (χ0n) is 27.3. The number of fused-ring (bicyclic) bond motifs is 11. The molecule has 0 aromatic heterocycles. The van der Waals surface area contributed by atoms with Crippen LogP contribution in [0.25, 0.3) is 0 Å². The van der Waals surface area contributed by atoms with Crippen LogP contribution in [0.15, 0.2) is 48.5 Å². The first-order valence-corrected chi connectivity index (χ1v) is 15.7. The molecular formula is C36H30N4O12-4.